The van der Waals surface area contributed by atoms with Crippen LogP contribution in [0.2, 0.25) is 0 Å². The summed E-state index contributed by atoms with van der Waals surface area (Å²) in [5.74, 6) is -1.02. The van der Waals surface area contributed by atoms with E-state index in [1.165, 1.54) is 18.2 Å². The average Bonchev–Trinajstić information content (AvgIpc) is 2.34. The van der Waals surface area contributed by atoms with E-state index in [1.54, 1.807) is 32.9 Å². The second-order valence-corrected chi connectivity index (χ2v) is 5.05. The van der Waals surface area contributed by atoms with Crippen molar-refractivity contribution in [1.82, 2.24) is 9.88 Å². The van der Waals surface area contributed by atoms with E-state index < -0.39 is 11.5 Å². The molecule has 1 aromatic heterocycles. The van der Waals surface area contributed by atoms with Gasteiger partial charge in [-0.25, -0.2) is 4.98 Å². The minimum atomic E-state index is -1.05. The Morgan fingerprint density at radius 2 is 2.00 bits per heavy atom. The topological polar surface area (TPSA) is 79.7 Å². The number of nitrogens with zero attached hydrogens (tertiary/aromatic N) is 2. The molecule has 1 amide bonds. The Kier molecular flexibility index (Phi) is 4.47. The Labute approximate surface area is 112 Å². The molecular weight excluding hydrogens is 248 g/mol. The molecule has 1 heterocycles. The maximum Gasteiger partial charge on any atom is 0.323 e. The largest absolute Gasteiger partial charge is 0.481 e. The fourth-order valence-electron chi connectivity index (χ4n) is 1.53. The summed E-state index contributed by atoms with van der Waals surface area (Å²) in [4.78, 5) is 28.4. The van der Waals surface area contributed by atoms with Crippen LogP contribution in [-0.2, 0) is 4.79 Å². The number of aromatic nitrogens is 1. The van der Waals surface area contributed by atoms with E-state index >= 15 is 0 Å². The van der Waals surface area contributed by atoms with E-state index in [0.29, 0.717) is 11.4 Å². The zero-order valence-electron chi connectivity index (χ0n) is 11.5. The highest BCUT2D eigenvalue weighted by molar-refractivity contribution is 5.96. The number of carbonyl (C=O) groups excluding carboxylic acids is 1. The molecule has 0 bridgehead atoms. The Hall–Kier alpha value is -2.11. The van der Waals surface area contributed by atoms with Gasteiger partial charge < -0.3 is 14.7 Å². The molecule has 1 rings (SSSR count). The van der Waals surface area contributed by atoms with Gasteiger partial charge in [-0.1, -0.05) is 0 Å². The Morgan fingerprint density at radius 3 is 2.37 bits per heavy atom. The van der Waals surface area contributed by atoms with Crippen molar-refractivity contribution in [3.05, 3.63) is 23.9 Å². The molecule has 0 saturated heterocycles. The lowest BCUT2D eigenvalue weighted by Gasteiger charge is -2.34. The van der Waals surface area contributed by atoms with Crippen LogP contribution < -0.4 is 4.74 Å². The molecule has 0 atom stereocenters. The number of aliphatic carboxylic acids is 1. The first kappa shape index (κ1) is 14.9. The van der Waals surface area contributed by atoms with Crippen molar-refractivity contribution in [2.75, 3.05) is 13.7 Å². The van der Waals surface area contributed by atoms with Crippen LogP contribution in [0.3, 0.4) is 0 Å². The van der Waals surface area contributed by atoms with Gasteiger partial charge >= 0.3 is 5.97 Å². The summed E-state index contributed by atoms with van der Waals surface area (Å²) < 4.78 is 4.91. The van der Waals surface area contributed by atoms with E-state index in [0.717, 1.165) is 0 Å². The molecule has 1 aromatic rings. The summed E-state index contributed by atoms with van der Waals surface area (Å²) >= 11 is 0. The molecular formula is C13H18N2O4. The molecule has 1 N–H and O–H groups in total. The van der Waals surface area contributed by atoms with E-state index in [1.807, 2.05) is 0 Å². The molecule has 0 aliphatic carbocycles. The van der Waals surface area contributed by atoms with Gasteiger partial charge in [-0.3, -0.25) is 9.59 Å². The lowest BCUT2D eigenvalue weighted by atomic mass is 10.0. The number of carboxylic acids is 1. The fourth-order valence-corrected chi connectivity index (χ4v) is 1.53. The molecule has 19 heavy (non-hydrogen) atoms. The average molecular weight is 266 g/mol. The predicted octanol–water partition coefficient (Wildman–Crippen LogP) is 1.42. The van der Waals surface area contributed by atoms with Crippen LogP contribution in [0.1, 0.15) is 31.1 Å². The van der Waals surface area contributed by atoms with E-state index in [9.17, 15) is 9.59 Å². The maximum absolute atomic E-state index is 12.3. The molecule has 0 radical (unpaired) electrons. The minimum absolute atomic E-state index is 0.331. The summed E-state index contributed by atoms with van der Waals surface area (Å²) in [7, 11) is 1.48. The minimum Gasteiger partial charge on any atom is -0.481 e. The van der Waals surface area contributed by atoms with Gasteiger partial charge in [0.25, 0.3) is 5.91 Å². The number of carbonyl (C=O) groups is 2. The normalized spacial score (nSPS) is 10.9. The molecule has 6 heteroatoms. The van der Waals surface area contributed by atoms with Crippen molar-refractivity contribution >= 4 is 11.9 Å². The first-order chi connectivity index (χ1) is 8.75. The number of hydrogen-bond donors (Lipinski definition) is 1. The van der Waals surface area contributed by atoms with Crippen LogP contribution in [0.25, 0.3) is 0 Å². The summed E-state index contributed by atoms with van der Waals surface area (Å²) in [6.45, 7) is 4.99. The quantitative estimate of drug-likeness (QED) is 0.891. The van der Waals surface area contributed by atoms with Gasteiger partial charge in [-0.05, 0) is 26.8 Å². The Morgan fingerprint density at radius 1 is 1.37 bits per heavy atom. The fraction of sp³-hybridized carbons (Fsp3) is 0.462. The second-order valence-electron chi connectivity index (χ2n) is 5.05. The molecule has 0 saturated carbocycles. The summed E-state index contributed by atoms with van der Waals surface area (Å²) in [5.41, 5.74) is -0.257. The number of amides is 1. The highest BCUT2D eigenvalue weighted by Gasteiger charge is 2.29. The van der Waals surface area contributed by atoms with Gasteiger partial charge in [0.15, 0.2) is 0 Å². The van der Waals surface area contributed by atoms with Gasteiger partial charge in [0, 0.05) is 17.8 Å². The van der Waals surface area contributed by atoms with Gasteiger partial charge in [0.2, 0.25) is 5.88 Å². The molecule has 6 nitrogen and oxygen atoms in total. The van der Waals surface area contributed by atoms with Crippen LogP contribution in [0.5, 0.6) is 5.88 Å². The van der Waals surface area contributed by atoms with Crippen LogP contribution in [0, 0.1) is 0 Å². The molecule has 0 aliphatic rings. The zero-order valence-corrected chi connectivity index (χ0v) is 11.5. The third-order valence-corrected chi connectivity index (χ3v) is 2.54. The summed E-state index contributed by atoms with van der Waals surface area (Å²) in [6.07, 6.45) is 1.38. The highest BCUT2D eigenvalue weighted by Crippen LogP contribution is 2.17. The third-order valence-electron chi connectivity index (χ3n) is 2.54. The first-order valence-electron chi connectivity index (χ1n) is 5.79. The molecule has 0 spiro atoms. The van der Waals surface area contributed by atoms with Crippen molar-refractivity contribution in [1.29, 1.82) is 0 Å². The third kappa shape index (κ3) is 3.94. The number of rotatable bonds is 4. The Bertz CT molecular complexity index is 463. The van der Waals surface area contributed by atoms with Crippen LogP contribution in [0.4, 0.5) is 0 Å². The zero-order chi connectivity index (χ0) is 14.6. The van der Waals surface area contributed by atoms with Gasteiger partial charge in [-0.2, -0.15) is 0 Å². The predicted molar refractivity (Wildman–Crippen MR) is 69.2 cm³/mol. The van der Waals surface area contributed by atoms with Crippen molar-refractivity contribution in [2.24, 2.45) is 0 Å². The summed E-state index contributed by atoms with van der Waals surface area (Å²) in [6, 6.07) is 3.13. The Balaban J connectivity index is 3.01. The molecule has 0 aromatic carbocycles. The lowest BCUT2D eigenvalue weighted by Crippen LogP contribution is -2.48. The van der Waals surface area contributed by atoms with Gasteiger partial charge in [-0.15, -0.1) is 0 Å². The number of ether oxygens (including phenoxy) is 1. The lowest BCUT2D eigenvalue weighted by molar-refractivity contribution is -0.138. The van der Waals surface area contributed by atoms with Crippen LogP contribution in [0.15, 0.2) is 18.3 Å². The van der Waals surface area contributed by atoms with Crippen molar-refractivity contribution < 1.29 is 19.4 Å². The smallest absolute Gasteiger partial charge is 0.323 e. The van der Waals surface area contributed by atoms with E-state index in [2.05, 4.69) is 4.98 Å². The molecule has 0 aliphatic heterocycles. The second kappa shape index (κ2) is 5.69. The van der Waals surface area contributed by atoms with Crippen molar-refractivity contribution in [2.45, 2.75) is 26.3 Å². The highest BCUT2D eigenvalue weighted by atomic mass is 16.5. The van der Waals surface area contributed by atoms with Gasteiger partial charge in [0.1, 0.15) is 6.54 Å². The van der Waals surface area contributed by atoms with E-state index in [4.69, 9.17) is 9.84 Å². The molecule has 104 valence electrons. The molecule has 0 fully saturated rings. The number of methoxy groups -OCH3 is 1. The van der Waals surface area contributed by atoms with Crippen LogP contribution in [-0.4, -0.2) is 46.1 Å². The molecule has 0 unspecified atom stereocenters. The first-order valence-corrected chi connectivity index (χ1v) is 5.79. The van der Waals surface area contributed by atoms with Crippen LogP contribution >= 0.6 is 0 Å². The van der Waals surface area contributed by atoms with E-state index in [-0.39, 0.29) is 12.5 Å². The standard InChI is InChI=1S/C13H18N2O4/c1-13(2,3)15(8-11(16)17)12(18)9-5-6-10(19-4)14-7-9/h5-7H,8H2,1-4H3,(H,16,17). The van der Waals surface area contributed by atoms with Crippen molar-refractivity contribution in [3.8, 4) is 5.88 Å². The summed E-state index contributed by atoms with van der Waals surface area (Å²) in [5, 5.41) is 8.90. The number of carboxylic acid groups (broad SMARTS) is 1. The maximum atomic E-state index is 12.3. The van der Waals surface area contributed by atoms with Crippen molar-refractivity contribution in [3.63, 3.8) is 0 Å². The van der Waals surface area contributed by atoms with Gasteiger partial charge in [0.05, 0.1) is 12.7 Å². The number of pyridine rings is 1. The monoisotopic (exact) mass is 266 g/mol. The number of hydrogen-bond acceptors (Lipinski definition) is 4. The SMILES string of the molecule is COc1ccc(C(=O)N(CC(=O)O)C(C)(C)C)cn1.